The smallest absolute Gasteiger partial charge is 0.0693 e. The maximum atomic E-state index is 3.98. The molecule has 1 aromatic rings. The lowest BCUT2D eigenvalue weighted by Gasteiger charge is -2.20. The molecule has 3 nitrogen and oxygen atoms in total. The van der Waals surface area contributed by atoms with E-state index in [9.17, 15) is 0 Å². The Morgan fingerprint density at radius 2 is 2.36 bits per heavy atom. The normalized spacial score (nSPS) is 20.4. The van der Waals surface area contributed by atoms with Gasteiger partial charge in [-0.25, -0.2) is 4.68 Å². The molecule has 2 rings (SSSR count). The molecule has 0 bridgehead atoms. The highest BCUT2D eigenvalue weighted by atomic mass is 15.4. The van der Waals surface area contributed by atoms with E-state index >= 15 is 0 Å². The number of rotatable bonds is 1. The van der Waals surface area contributed by atoms with E-state index in [1.54, 1.807) is 6.20 Å². The van der Waals surface area contributed by atoms with E-state index in [1.807, 2.05) is 10.9 Å². The molecular formula is C8H12N3. The lowest BCUT2D eigenvalue weighted by molar-refractivity contribution is 0.396. The summed E-state index contributed by atoms with van der Waals surface area (Å²) in [5, 5.41) is 7.77. The number of hydrogen-bond acceptors (Lipinski definition) is 2. The van der Waals surface area contributed by atoms with Crippen LogP contribution in [-0.4, -0.2) is 15.0 Å². The Kier molecular flexibility index (Phi) is 1.88. The van der Waals surface area contributed by atoms with Crippen LogP contribution >= 0.6 is 0 Å². The largest absolute Gasteiger partial charge is 0.249 e. The number of aromatic nitrogens is 3. The average Bonchev–Trinajstić information content (AvgIpc) is 2.58. The van der Waals surface area contributed by atoms with E-state index in [0.29, 0.717) is 6.04 Å². The van der Waals surface area contributed by atoms with E-state index in [4.69, 9.17) is 0 Å². The summed E-state index contributed by atoms with van der Waals surface area (Å²) in [5.41, 5.74) is 0. The second-order valence-corrected chi connectivity index (χ2v) is 2.97. The molecule has 1 aliphatic carbocycles. The Morgan fingerprint density at radius 1 is 1.36 bits per heavy atom. The highest BCUT2D eigenvalue weighted by Gasteiger charge is 2.15. The van der Waals surface area contributed by atoms with Gasteiger partial charge >= 0.3 is 0 Å². The minimum absolute atomic E-state index is 0.506. The van der Waals surface area contributed by atoms with Crippen molar-refractivity contribution in [2.24, 2.45) is 0 Å². The van der Waals surface area contributed by atoms with Crippen molar-refractivity contribution in [3.8, 4) is 0 Å². The van der Waals surface area contributed by atoms with Gasteiger partial charge in [0, 0.05) is 6.20 Å². The highest BCUT2D eigenvalue weighted by molar-refractivity contribution is 4.86. The minimum Gasteiger partial charge on any atom is -0.249 e. The van der Waals surface area contributed by atoms with Gasteiger partial charge in [0.1, 0.15) is 0 Å². The monoisotopic (exact) mass is 150 g/mol. The molecule has 1 aliphatic rings. The zero-order valence-corrected chi connectivity index (χ0v) is 6.48. The van der Waals surface area contributed by atoms with Gasteiger partial charge in [-0.3, -0.25) is 0 Å². The molecule has 0 amide bonds. The molecule has 1 unspecified atom stereocenters. The zero-order valence-electron chi connectivity index (χ0n) is 6.48. The Morgan fingerprint density at radius 3 is 3.00 bits per heavy atom. The molecule has 11 heavy (non-hydrogen) atoms. The van der Waals surface area contributed by atoms with Gasteiger partial charge in [-0.1, -0.05) is 18.1 Å². The Labute approximate surface area is 66.4 Å². The standard InChI is InChI=1S/C8H12N3/c1-2-4-8(5-3-1)11-7-6-9-10-11/h4,6-8H,1-3,5H2. The van der Waals surface area contributed by atoms with E-state index < -0.39 is 0 Å². The van der Waals surface area contributed by atoms with Gasteiger partial charge in [-0.15, -0.1) is 5.10 Å². The lowest BCUT2D eigenvalue weighted by Crippen LogP contribution is -2.13. The van der Waals surface area contributed by atoms with Crippen LogP contribution in [0.2, 0.25) is 0 Å². The molecule has 1 aromatic heterocycles. The van der Waals surface area contributed by atoms with Crippen molar-refractivity contribution in [3.05, 3.63) is 18.8 Å². The Hall–Kier alpha value is -0.860. The molecule has 1 fully saturated rings. The molecule has 1 radical (unpaired) electrons. The predicted octanol–water partition coefficient (Wildman–Crippen LogP) is 1.60. The maximum absolute atomic E-state index is 3.98. The van der Waals surface area contributed by atoms with Crippen LogP contribution in [0.5, 0.6) is 0 Å². The molecule has 0 spiro atoms. The number of hydrogen-bond donors (Lipinski definition) is 0. The minimum atomic E-state index is 0.506. The third-order valence-corrected chi connectivity index (χ3v) is 2.17. The van der Waals surface area contributed by atoms with Crippen LogP contribution in [0.1, 0.15) is 31.7 Å². The third-order valence-electron chi connectivity index (χ3n) is 2.17. The van der Waals surface area contributed by atoms with Crippen LogP contribution in [0.4, 0.5) is 0 Å². The topological polar surface area (TPSA) is 30.7 Å². The van der Waals surface area contributed by atoms with Gasteiger partial charge in [0.15, 0.2) is 0 Å². The van der Waals surface area contributed by atoms with Gasteiger partial charge in [0.2, 0.25) is 0 Å². The molecule has 0 N–H and O–H groups in total. The van der Waals surface area contributed by atoms with Gasteiger partial charge in [-0.05, 0) is 19.3 Å². The molecule has 1 atom stereocenters. The van der Waals surface area contributed by atoms with Gasteiger partial charge < -0.3 is 0 Å². The molecule has 3 heteroatoms. The number of nitrogens with zero attached hydrogens (tertiary/aromatic N) is 3. The second-order valence-electron chi connectivity index (χ2n) is 2.97. The predicted molar refractivity (Wildman–Crippen MR) is 41.8 cm³/mol. The highest BCUT2D eigenvalue weighted by Crippen LogP contribution is 2.25. The molecule has 1 heterocycles. The van der Waals surface area contributed by atoms with Crippen molar-refractivity contribution >= 4 is 0 Å². The van der Waals surface area contributed by atoms with Crippen LogP contribution in [0, 0.1) is 6.42 Å². The average molecular weight is 150 g/mol. The summed E-state index contributed by atoms with van der Waals surface area (Å²) in [6, 6.07) is 0.506. The SMILES string of the molecule is [CH]1CCCCC1n1ccnn1. The summed E-state index contributed by atoms with van der Waals surface area (Å²) in [4.78, 5) is 0. The first-order chi connectivity index (χ1) is 5.47. The molecule has 0 saturated heterocycles. The Bertz CT molecular complexity index is 199. The summed E-state index contributed by atoms with van der Waals surface area (Å²) in [7, 11) is 0. The summed E-state index contributed by atoms with van der Waals surface area (Å²) in [6.45, 7) is 0. The molecule has 0 aliphatic heterocycles. The van der Waals surface area contributed by atoms with Crippen molar-refractivity contribution in [2.75, 3.05) is 0 Å². The molecule has 59 valence electrons. The summed E-state index contributed by atoms with van der Waals surface area (Å²) < 4.78 is 1.94. The zero-order chi connectivity index (χ0) is 7.52. The van der Waals surface area contributed by atoms with E-state index in [-0.39, 0.29) is 0 Å². The first-order valence-corrected chi connectivity index (χ1v) is 4.16. The molecular weight excluding hydrogens is 138 g/mol. The first-order valence-electron chi connectivity index (χ1n) is 4.16. The lowest BCUT2D eigenvalue weighted by atomic mass is 9.96. The van der Waals surface area contributed by atoms with Crippen LogP contribution < -0.4 is 0 Å². The van der Waals surface area contributed by atoms with Crippen molar-refractivity contribution in [3.63, 3.8) is 0 Å². The Balaban J connectivity index is 2.04. The van der Waals surface area contributed by atoms with Crippen LogP contribution in [0.25, 0.3) is 0 Å². The molecule has 0 aromatic carbocycles. The van der Waals surface area contributed by atoms with Crippen molar-refractivity contribution in [1.29, 1.82) is 0 Å². The van der Waals surface area contributed by atoms with Gasteiger partial charge in [0.25, 0.3) is 0 Å². The summed E-state index contributed by atoms with van der Waals surface area (Å²) in [6.07, 6.45) is 11.1. The first kappa shape index (κ1) is 6.83. The van der Waals surface area contributed by atoms with Crippen LogP contribution in [0.3, 0.4) is 0 Å². The van der Waals surface area contributed by atoms with Gasteiger partial charge in [-0.2, -0.15) is 0 Å². The molecule has 1 saturated carbocycles. The van der Waals surface area contributed by atoms with E-state index in [2.05, 4.69) is 16.7 Å². The summed E-state index contributed by atoms with van der Waals surface area (Å²) in [5.74, 6) is 0. The fourth-order valence-corrected chi connectivity index (χ4v) is 1.56. The van der Waals surface area contributed by atoms with Gasteiger partial charge in [0.05, 0.1) is 12.2 Å². The maximum Gasteiger partial charge on any atom is 0.0693 e. The quantitative estimate of drug-likeness (QED) is 0.608. The van der Waals surface area contributed by atoms with Crippen LogP contribution in [0.15, 0.2) is 12.4 Å². The van der Waals surface area contributed by atoms with Crippen LogP contribution in [-0.2, 0) is 0 Å². The van der Waals surface area contributed by atoms with Crippen molar-refractivity contribution in [1.82, 2.24) is 15.0 Å². The van der Waals surface area contributed by atoms with Crippen molar-refractivity contribution in [2.45, 2.75) is 31.7 Å². The second kappa shape index (κ2) is 3.03. The van der Waals surface area contributed by atoms with Crippen molar-refractivity contribution < 1.29 is 0 Å². The van der Waals surface area contributed by atoms with E-state index in [1.165, 1.54) is 25.7 Å². The third kappa shape index (κ3) is 1.42. The van der Waals surface area contributed by atoms with E-state index in [0.717, 1.165) is 0 Å². The summed E-state index contributed by atoms with van der Waals surface area (Å²) >= 11 is 0. The fraction of sp³-hybridized carbons (Fsp3) is 0.625. The fourth-order valence-electron chi connectivity index (χ4n) is 1.56.